The van der Waals surface area contributed by atoms with Gasteiger partial charge in [0.2, 0.25) is 0 Å². The second kappa shape index (κ2) is 20.1. The lowest BCUT2D eigenvalue weighted by Crippen LogP contribution is -2.27. The smallest absolute Gasteiger partial charge is 0.142 e. The lowest BCUT2D eigenvalue weighted by atomic mass is 9.68. The average Bonchev–Trinajstić information content (AvgIpc) is 1.51. The monoisotopic (exact) mass is 1090 g/mol. The molecule has 3 aliphatic rings. The SMILES string of the molecule is c1ccc(-c2ccc(N(c3ccc(-c4ccc(-c5cccc6c5C5(c7ccccc7-6)c6ccccc6-c6c(-c7ccccc7)oc(-c7ccccc7)c65)cc4)cc3)c3ccc(-c4ccc5c(c4)-c4ccccc4C5c4ccccc4)cc3)cc2)cc1. The highest BCUT2D eigenvalue weighted by Gasteiger charge is 2.56. The van der Waals surface area contributed by atoms with Crippen molar-refractivity contribution < 1.29 is 4.42 Å². The molecule has 0 saturated heterocycles. The molecule has 2 heteroatoms. The summed E-state index contributed by atoms with van der Waals surface area (Å²) < 4.78 is 7.29. The molecular formula is C84H55NO. The summed E-state index contributed by atoms with van der Waals surface area (Å²) >= 11 is 0. The van der Waals surface area contributed by atoms with Gasteiger partial charge in [0.1, 0.15) is 11.5 Å². The van der Waals surface area contributed by atoms with Crippen LogP contribution in [-0.4, -0.2) is 0 Å². The second-order valence-electron chi connectivity index (χ2n) is 23.0. The minimum Gasteiger partial charge on any atom is -0.455 e. The van der Waals surface area contributed by atoms with Crippen LogP contribution in [0.3, 0.4) is 0 Å². The zero-order valence-electron chi connectivity index (χ0n) is 47.1. The second-order valence-corrected chi connectivity index (χ2v) is 23.0. The number of hydrogen-bond acceptors (Lipinski definition) is 2. The van der Waals surface area contributed by atoms with E-state index in [1.54, 1.807) is 0 Å². The van der Waals surface area contributed by atoms with Crippen LogP contribution in [0, 0.1) is 0 Å². The van der Waals surface area contributed by atoms with Gasteiger partial charge in [-0.05, 0) is 148 Å². The largest absolute Gasteiger partial charge is 0.455 e. The summed E-state index contributed by atoms with van der Waals surface area (Å²) in [7, 11) is 0. The minimum atomic E-state index is -0.653. The Balaban J connectivity index is 0.737. The van der Waals surface area contributed by atoms with E-state index in [0.29, 0.717) is 0 Å². The number of furan rings is 1. The standard InChI is InChI=1S/C84H55NO/c1-5-20-55(21-6-1)57-40-47-65(48-41-57)85(67-51-44-59(45-52-67)64-46-53-72-75(54-64)69-28-13-14-30-71(69)78(72)61-22-7-2-8-23-61)66-49-42-58(43-50-66)56-36-38-60(39-37-56)68-32-19-33-73-70-29-15-17-34-76(70)84(80(68)73)77-35-18-16-31-74(77)79-81(84)83(63-26-11-4-12-27-63)86-82(79)62-24-9-3-10-25-62/h1-54,78H. The number of nitrogens with zero attached hydrogens (tertiary/aromatic N) is 1. The van der Waals surface area contributed by atoms with Gasteiger partial charge in [-0.25, -0.2) is 0 Å². The highest BCUT2D eigenvalue weighted by atomic mass is 16.3. The van der Waals surface area contributed by atoms with Crippen LogP contribution in [-0.2, 0) is 5.41 Å². The van der Waals surface area contributed by atoms with E-state index >= 15 is 0 Å². The molecule has 1 heterocycles. The summed E-state index contributed by atoms with van der Waals surface area (Å²) in [6.07, 6.45) is 0. The molecule has 3 aliphatic carbocycles. The van der Waals surface area contributed by atoms with Gasteiger partial charge in [-0.15, -0.1) is 0 Å². The number of hydrogen-bond donors (Lipinski definition) is 0. The maximum Gasteiger partial charge on any atom is 0.142 e. The van der Waals surface area contributed by atoms with Crippen molar-refractivity contribution in [3.05, 3.63) is 367 Å². The van der Waals surface area contributed by atoms with Crippen LogP contribution in [0.1, 0.15) is 44.9 Å². The van der Waals surface area contributed by atoms with Crippen molar-refractivity contribution in [2.24, 2.45) is 0 Å². The predicted octanol–water partition coefficient (Wildman–Crippen LogP) is 22.3. The first-order valence-electron chi connectivity index (χ1n) is 29.8. The number of fused-ring (bicyclic) bond motifs is 13. The van der Waals surface area contributed by atoms with Gasteiger partial charge in [-0.1, -0.05) is 285 Å². The molecule has 0 bridgehead atoms. The Labute approximate surface area is 501 Å². The van der Waals surface area contributed by atoms with Crippen molar-refractivity contribution in [1.29, 1.82) is 0 Å². The van der Waals surface area contributed by atoms with E-state index < -0.39 is 5.41 Å². The Hall–Kier alpha value is -11.1. The van der Waals surface area contributed by atoms with Crippen molar-refractivity contribution in [2.45, 2.75) is 11.3 Å². The Morgan fingerprint density at radius 3 is 1.27 bits per heavy atom. The van der Waals surface area contributed by atoms with E-state index in [9.17, 15) is 0 Å². The van der Waals surface area contributed by atoms with Crippen molar-refractivity contribution in [3.63, 3.8) is 0 Å². The van der Waals surface area contributed by atoms with Gasteiger partial charge in [0.15, 0.2) is 0 Å². The van der Waals surface area contributed by atoms with Crippen molar-refractivity contribution in [2.75, 3.05) is 4.90 Å². The molecule has 0 fully saturated rings. The van der Waals surface area contributed by atoms with Gasteiger partial charge in [0, 0.05) is 45.2 Å². The van der Waals surface area contributed by atoms with Crippen LogP contribution in [0.5, 0.6) is 0 Å². The molecule has 0 radical (unpaired) electrons. The van der Waals surface area contributed by atoms with E-state index in [0.717, 1.165) is 50.8 Å². The summed E-state index contributed by atoms with van der Waals surface area (Å²) in [6, 6.07) is 120. The Bertz CT molecular complexity index is 4870. The summed E-state index contributed by atoms with van der Waals surface area (Å²) in [4.78, 5) is 2.37. The first-order valence-corrected chi connectivity index (χ1v) is 29.8. The normalized spacial score (nSPS) is 14.7. The van der Waals surface area contributed by atoms with Crippen LogP contribution >= 0.6 is 0 Å². The molecule has 0 amide bonds. The third-order valence-corrected chi connectivity index (χ3v) is 18.4. The molecule has 1 aromatic heterocycles. The first kappa shape index (κ1) is 49.5. The Kier molecular flexibility index (Phi) is 11.6. The zero-order chi connectivity index (χ0) is 56.7. The fourth-order valence-corrected chi connectivity index (χ4v) is 14.7. The summed E-state index contributed by atoms with van der Waals surface area (Å²) in [5.74, 6) is 2.03. The molecular weight excluding hydrogens is 1040 g/mol. The predicted molar refractivity (Wildman–Crippen MR) is 355 cm³/mol. The molecule has 14 aromatic rings. The van der Waals surface area contributed by atoms with E-state index in [1.807, 2.05) is 0 Å². The quantitative estimate of drug-likeness (QED) is 0.136. The fourth-order valence-electron chi connectivity index (χ4n) is 14.7. The number of anilines is 3. The molecule has 0 saturated carbocycles. The molecule has 2 nitrogen and oxygen atoms in total. The molecule has 0 N–H and O–H groups in total. The number of rotatable bonds is 10. The van der Waals surface area contributed by atoms with Crippen LogP contribution in [0.15, 0.2) is 332 Å². The summed E-state index contributed by atoms with van der Waals surface area (Å²) in [6.45, 7) is 0. The Morgan fingerprint density at radius 1 is 0.256 bits per heavy atom. The fraction of sp³-hybridized carbons (Fsp3) is 0.0238. The first-order chi connectivity index (χ1) is 42.7. The molecule has 13 aromatic carbocycles. The van der Waals surface area contributed by atoms with Gasteiger partial charge in [-0.2, -0.15) is 0 Å². The highest BCUT2D eigenvalue weighted by Crippen LogP contribution is 2.68. The van der Waals surface area contributed by atoms with Gasteiger partial charge in [-0.3, -0.25) is 0 Å². The zero-order valence-corrected chi connectivity index (χ0v) is 47.1. The molecule has 86 heavy (non-hydrogen) atoms. The molecule has 1 spiro atoms. The van der Waals surface area contributed by atoms with Gasteiger partial charge < -0.3 is 9.32 Å². The Morgan fingerprint density at radius 2 is 0.663 bits per heavy atom. The third-order valence-electron chi connectivity index (χ3n) is 18.4. The van der Waals surface area contributed by atoms with Crippen LogP contribution < -0.4 is 4.90 Å². The molecule has 2 unspecified atom stereocenters. The molecule has 402 valence electrons. The lowest BCUT2D eigenvalue weighted by Gasteiger charge is -2.32. The summed E-state index contributed by atoms with van der Waals surface area (Å²) in [5.41, 5.74) is 30.8. The van der Waals surface area contributed by atoms with Crippen LogP contribution in [0.2, 0.25) is 0 Å². The van der Waals surface area contributed by atoms with Crippen LogP contribution in [0.25, 0.3) is 101 Å². The molecule has 17 rings (SSSR count). The topological polar surface area (TPSA) is 16.4 Å². The molecule has 0 aliphatic heterocycles. The van der Waals surface area contributed by atoms with Crippen LogP contribution in [0.4, 0.5) is 17.1 Å². The van der Waals surface area contributed by atoms with E-state index in [1.165, 1.54) is 106 Å². The van der Waals surface area contributed by atoms with Crippen molar-refractivity contribution >= 4 is 17.1 Å². The minimum absolute atomic E-state index is 0.223. The average molecular weight is 1090 g/mol. The summed E-state index contributed by atoms with van der Waals surface area (Å²) in [5, 5.41) is 0. The molecule has 2 atom stereocenters. The van der Waals surface area contributed by atoms with Crippen molar-refractivity contribution in [3.8, 4) is 101 Å². The van der Waals surface area contributed by atoms with E-state index in [4.69, 9.17) is 4.42 Å². The van der Waals surface area contributed by atoms with E-state index in [2.05, 4.69) is 332 Å². The highest BCUT2D eigenvalue weighted by molar-refractivity contribution is 6.04. The van der Waals surface area contributed by atoms with E-state index in [-0.39, 0.29) is 5.92 Å². The van der Waals surface area contributed by atoms with Crippen molar-refractivity contribution in [1.82, 2.24) is 0 Å². The maximum atomic E-state index is 7.29. The van der Waals surface area contributed by atoms with Gasteiger partial charge >= 0.3 is 0 Å². The maximum absolute atomic E-state index is 7.29. The number of benzene rings is 13. The van der Waals surface area contributed by atoms with Gasteiger partial charge in [0.25, 0.3) is 0 Å². The van der Waals surface area contributed by atoms with Gasteiger partial charge in [0.05, 0.1) is 5.41 Å². The third kappa shape index (κ3) is 7.73. The lowest BCUT2D eigenvalue weighted by molar-refractivity contribution is 0.588.